The van der Waals surface area contributed by atoms with Crippen molar-refractivity contribution in [3.63, 3.8) is 0 Å². The van der Waals surface area contributed by atoms with Crippen molar-refractivity contribution < 1.29 is 9.47 Å². The molecule has 1 aromatic rings. The lowest BCUT2D eigenvalue weighted by atomic mass is 10.3. The largest absolute Gasteiger partial charge is 0.382 e. The van der Waals surface area contributed by atoms with E-state index in [4.69, 9.17) is 9.47 Å². The molecular weight excluding hydrogens is 312 g/mol. The van der Waals surface area contributed by atoms with Gasteiger partial charge in [0.15, 0.2) is 5.96 Å². The van der Waals surface area contributed by atoms with Crippen LogP contribution in [-0.4, -0.2) is 58.0 Å². The standard InChI is InChI=1S/C16H30N4O2S/c1-4-14-13-20-15(23-14)7-9-19-16(17-2)18-8-5-6-10-22-12-11-21-3/h13H,4-12H2,1-3H3,(H2,17,18,19). The van der Waals surface area contributed by atoms with Crippen molar-refractivity contribution in [1.82, 2.24) is 15.6 Å². The Morgan fingerprint density at radius 2 is 2.04 bits per heavy atom. The number of aryl methyl sites for hydroxylation is 1. The molecule has 0 saturated heterocycles. The topological polar surface area (TPSA) is 67.8 Å². The minimum atomic E-state index is 0.660. The van der Waals surface area contributed by atoms with Crippen molar-refractivity contribution >= 4 is 17.3 Å². The third-order valence-corrected chi connectivity index (χ3v) is 4.45. The first kappa shape index (κ1) is 19.9. The van der Waals surface area contributed by atoms with Gasteiger partial charge in [0, 0.05) is 51.3 Å². The molecule has 0 radical (unpaired) electrons. The van der Waals surface area contributed by atoms with Gasteiger partial charge in [0.2, 0.25) is 0 Å². The average molecular weight is 343 g/mol. The predicted octanol–water partition coefficient (Wildman–Crippen LogP) is 1.86. The van der Waals surface area contributed by atoms with Crippen molar-refractivity contribution in [2.75, 3.05) is 47.1 Å². The van der Waals surface area contributed by atoms with Crippen molar-refractivity contribution in [1.29, 1.82) is 0 Å². The minimum Gasteiger partial charge on any atom is -0.382 e. The summed E-state index contributed by atoms with van der Waals surface area (Å²) >= 11 is 1.79. The van der Waals surface area contributed by atoms with E-state index in [1.54, 1.807) is 25.5 Å². The molecule has 0 aliphatic rings. The zero-order valence-electron chi connectivity index (χ0n) is 14.6. The second kappa shape index (κ2) is 13.3. The Hall–Kier alpha value is -1.18. The highest BCUT2D eigenvalue weighted by molar-refractivity contribution is 7.11. The Morgan fingerprint density at radius 1 is 1.22 bits per heavy atom. The van der Waals surface area contributed by atoms with Crippen LogP contribution in [0, 0.1) is 0 Å². The van der Waals surface area contributed by atoms with Gasteiger partial charge in [0.1, 0.15) is 0 Å². The fourth-order valence-corrected chi connectivity index (χ4v) is 2.78. The van der Waals surface area contributed by atoms with Gasteiger partial charge in [-0.05, 0) is 19.3 Å². The van der Waals surface area contributed by atoms with Crippen LogP contribution in [-0.2, 0) is 22.3 Å². The molecule has 0 aromatic carbocycles. The van der Waals surface area contributed by atoms with Gasteiger partial charge < -0.3 is 20.1 Å². The summed E-state index contributed by atoms with van der Waals surface area (Å²) in [6.45, 7) is 6.00. The number of aliphatic imine (C=N–C) groups is 1. The van der Waals surface area contributed by atoms with Crippen LogP contribution in [0.15, 0.2) is 11.2 Å². The fraction of sp³-hybridized carbons (Fsp3) is 0.750. The van der Waals surface area contributed by atoms with Gasteiger partial charge in [-0.15, -0.1) is 11.3 Å². The molecule has 0 aliphatic heterocycles. The maximum absolute atomic E-state index is 5.43. The first-order chi connectivity index (χ1) is 11.3. The summed E-state index contributed by atoms with van der Waals surface area (Å²) < 4.78 is 10.4. The number of hydrogen-bond acceptors (Lipinski definition) is 5. The van der Waals surface area contributed by atoms with E-state index in [-0.39, 0.29) is 0 Å². The van der Waals surface area contributed by atoms with Crippen molar-refractivity contribution in [2.45, 2.75) is 32.6 Å². The van der Waals surface area contributed by atoms with Crippen LogP contribution >= 0.6 is 11.3 Å². The third-order valence-electron chi connectivity index (χ3n) is 3.24. The third kappa shape index (κ3) is 9.53. The second-order valence-electron chi connectivity index (χ2n) is 5.06. The van der Waals surface area contributed by atoms with Crippen LogP contribution in [0.3, 0.4) is 0 Å². The Balaban J connectivity index is 2.03. The quantitative estimate of drug-likeness (QED) is 0.345. The predicted molar refractivity (Wildman–Crippen MR) is 96.5 cm³/mol. The van der Waals surface area contributed by atoms with Crippen molar-refractivity contribution in [3.8, 4) is 0 Å². The maximum Gasteiger partial charge on any atom is 0.190 e. The number of hydrogen-bond donors (Lipinski definition) is 2. The van der Waals surface area contributed by atoms with Gasteiger partial charge in [-0.3, -0.25) is 4.99 Å². The van der Waals surface area contributed by atoms with Gasteiger partial charge in [-0.1, -0.05) is 6.92 Å². The van der Waals surface area contributed by atoms with Crippen LogP contribution in [0.2, 0.25) is 0 Å². The summed E-state index contributed by atoms with van der Waals surface area (Å²) in [6, 6.07) is 0. The first-order valence-electron chi connectivity index (χ1n) is 8.25. The van der Waals surface area contributed by atoms with E-state index in [2.05, 4.69) is 27.5 Å². The van der Waals surface area contributed by atoms with Crippen molar-refractivity contribution in [3.05, 3.63) is 16.1 Å². The minimum absolute atomic E-state index is 0.660. The zero-order chi connectivity index (χ0) is 16.8. The molecule has 0 atom stereocenters. The number of guanidine groups is 1. The Kier molecular flexibility index (Phi) is 11.5. The van der Waals surface area contributed by atoms with E-state index >= 15 is 0 Å². The van der Waals surface area contributed by atoms with Crippen LogP contribution in [0.4, 0.5) is 0 Å². The number of methoxy groups -OCH3 is 1. The fourth-order valence-electron chi connectivity index (χ4n) is 1.92. The molecule has 0 saturated carbocycles. The lowest BCUT2D eigenvalue weighted by Gasteiger charge is -2.11. The van der Waals surface area contributed by atoms with E-state index in [1.165, 1.54) is 9.88 Å². The molecule has 6 nitrogen and oxygen atoms in total. The van der Waals surface area contributed by atoms with Gasteiger partial charge in [-0.25, -0.2) is 4.98 Å². The van der Waals surface area contributed by atoms with Crippen molar-refractivity contribution in [2.24, 2.45) is 4.99 Å². The number of ether oxygens (including phenoxy) is 2. The SMILES string of the molecule is CCc1cnc(CCNC(=NC)NCCCCOCCOC)s1. The van der Waals surface area contributed by atoms with Gasteiger partial charge in [-0.2, -0.15) is 0 Å². The Labute approximate surface area is 143 Å². The highest BCUT2D eigenvalue weighted by Gasteiger charge is 2.01. The molecule has 0 fully saturated rings. The molecule has 0 bridgehead atoms. The maximum atomic E-state index is 5.43. The number of nitrogens with one attached hydrogen (secondary N) is 2. The van der Waals surface area contributed by atoms with Crippen LogP contribution < -0.4 is 10.6 Å². The summed E-state index contributed by atoms with van der Waals surface area (Å²) in [7, 11) is 3.48. The normalized spacial score (nSPS) is 11.7. The Morgan fingerprint density at radius 3 is 2.74 bits per heavy atom. The van der Waals surface area contributed by atoms with E-state index in [0.717, 1.165) is 51.3 Å². The molecule has 0 spiro atoms. The highest BCUT2D eigenvalue weighted by Crippen LogP contribution is 2.13. The number of aromatic nitrogens is 1. The molecule has 1 heterocycles. The number of thiazole rings is 1. The van der Waals surface area contributed by atoms with Crippen LogP contribution in [0.1, 0.15) is 29.7 Å². The monoisotopic (exact) mass is 342 g/mol. The molecule has 0 unspecified atom stereocenters. The number of unbranched alkanes of at least 4 members (excludes halogenated alkanes) is 1. The molecule has 1 aromatic heterocycles. The molecular formula is C16H30N4O2S. The smallest absolute Gasteiger partial charge is 0.190 e. The van der Waals surface area contributed by atoms with Crippen LogP contribution in [0.5, 0.6) is 0 Å². The summed E-state index contributed by atoms with van der Waals surface area (Å²) in [6.07, 6.45) is 6.05. The van der Waals surface area contributed by atoms with Gasteiger partial charge in [0.05, 0.1) is 18.2 Å². The zero-order valence-corrected chi connectivity index (χ0v) is 15.4. The number of rotatable bonds is 12. The molecule has 7 heteroatoms. The average Bonchev–Trinajstić information content (AvgIpc) is 3.03. The van der Waals surface area contributed by atoms with Gasteiger partial charge in [0.25, 0.3) is 0 Å². The van der Waals surface area contributed by atoms with E-state index in [0.29, 0.717) is 13.2 Å². The molecule has 0 aliphatic carbocycles. The number of nitrogens with zero attached hydrogens (tertiary/aromatic N) is 2. The molecule has 132 valence electrons. The second-order valence-corrected chi connectivity index (χ2v) is 6.26. The van der Waals surface area contributed by atoms with E-state index in [1.807, 2.05) is 6.20 Å². The first-order valence-corrected chi connectivity index (χ1v) is 9.06. The van der Waals surface area contributed by atoms with E-state index in [9.17, 15) is 0 Å². The molecule has 23 heavy (non-hydrogen) atoms. The lowest BCUT2D eigenvalue weighted by Crippen LogP contribution is -2.38. The highest BCUT2D eigenvalue weighted by atomic mass is 32.1. The summed E-state index contributed by atoms with van der Waals surface area (Å²) in [5.41, 5.74) is 0. The lowest BCUT2D eigenvalue weighted by molar-refractivity contribution is 0.0689. The molecule has 0 amide bonds. The summed E-state index contributed by atoms with van der Waals surface area (Å²) in [5.74, 6) is 0.845. The molecule has 1 rings (SSSR count). The molecule has 2 N–H and O–H groups in total. The van der Waals surface area contributed by atoms with E-state index < -0.39 is 0 Å². The van der Waals surface area contributed by atoms with Crippen LogP contribution in [0.25, 0.3) is 0 Å². The van der Waals surface area contributed by atoms with Gasteiger partial charge >= 0.3 is 0 Å². The summed E-state index contributed by atoms with van der Waals surface area (Å²) in [5, 5.41) is 7.82. The summed E-state index contributed by atoms with van der Waals surface area (Å²) in [4.78, 5) is 9.99. The Bertz CT molecular complexity index is 437.